The van der Waals surface area contributed by atoms with Crippen LogP contribution < -0.4 is 5.32 Å². The summed E-state index contributed by atoms with van der Waals surface area (Å²) in [4.78, 5) is 13.2. The van der Waals surface area contributed by atoms with Crippen molar-refractivity contribution in [3.63, 3.8) is 0 Å². The second kappa shape index (κ2) is 7.89. The second-order valence-electron chi connectivity index (χ2n) is 3.64. The number of halogens is 1. The van der Waals surface area contributed by atoms with Crippen molar-refractivity contribution in [1.82, 2.24) is 10.2 Å². The molecule has 2 N–H and O–H groups in total. The van der Waals surface area contributed by atoms with E-state index in [2.05, 4.69) is 21.2 Å². The fourth-order valence-corrected chi connectivity index (χ4v) is 1.85. The molecule has 1 rings (SSSR count). The smallest absolute Gasteiger partial charge is 0.321 e. The lowest BCUT2D eigenvalue weighted by Gasteiger charge is -2.18. The van der Waals surface area contributed by atoms with Crippen LogP contribution in [0.25, 0.3) is 6.08 Å². The average Bonchev–Trinajstić information content (AvgIpc) is 2.36. The maximum absolute atomic E-state index is 11.7. The quantitative estimate of drug-likeness (QED) is 0.877. The normalized spacial score (nSPS) is 10.6. The molecular weight excluding hydrogens is 296 g/mol. The van der Waals surface area contributed by atoms with E-state index in [1.807, 2.05) is 37.3 Å². The van der Waals surface area contributed by atoms with Gasteiger partial charge < -0.3 is 15.3 Å². The summed E-state index contributed by atoms with van der Waals surface area (Å²) >= 11 is 3.38. The summed E-state index contributed by atoms with van der Waals surface area (Å²) < 4.78 is 0.992. The number of hydrogen-bond acceptors (Lipinski definition) is 2. The lowest BCUT2D eigenvalue weighted by Crippen LogP contribution is -2.39. The van der Waals surface area contributed by atoms with Crippen molar-refractivity contribution < 1.29 is 9.90 Å². The van der Waals surface area contributed by atoms with Gasteiger partial charge in [-0.05, 0) is 30.7 Å². The Morgan fingerprint density at radius 2 is 2.33 bits per heavy atom. The molecule has 0 heterocycles. The minimum absolute atomic E-state index is 0.0311. The number of hydrogen-bond donors (Lipinski definition) is 2. The van der Waals surface area contributed by atoms with Crippen LogP contribution in [0.5, 0.6) is 0 Å². The summed E-state index contributed by atoms with van der Waals surface area (Å²) in [5, 5.41) is 11.5. The molecule has 0 aliphatic carbocycles. The van der Waals surface area contributed by atoms with Gasteiger partial charge in [-0.15, -0.1) is 0 Å². The predicted octanol–water partition coefficient (Wildman–Crippen LogP) is 2.44. The van der Waals surface area contributed by atoms with E-state index in [4.69, 9.17) is 5.11 Å². The fraction of sp³-hybridized carbons (Fsp3) is 0.308. The molecule has 1 aromatic rings. The molecule has 1 aromatic carbocycles. The Balaban J connectivity index is 2.51. The van der Waals surface area contributed by atoms with Crippen molar-refractivity contribution in [1.29, 1.82) is 0 Å². The largest absolute Gasteiger partial charge is 0.395 e. The monoisotopic (exact) mass is 312 g/mol. The van der Waals surface area contributed by atoms with Crippen molar-refractivity contribution in [3.05, 3.63) is 40.5 Å². The number of amides is 2. The first-order chi connectivity index (χ1) is 8.67. The van der Waals surface area contributed by atoms with Gasteiger partial charge in [-0.25, -0.2) is 4.79 Å². The van der Waals surface area contributed by atoms with Crippen molar-refractivity contribution in [2.45, 2.75) is 6.92 Å². The summed E-state index contributed by atoms with van der Waals surface area (Å²) in [6.07, 6.45) is 3.42. The maximum atomic E-state index is 11.7. The molecule has 0 aliphatic rings. The third-order valence-corrected chi connectivity index (χ3v) is 2.86. The van der Waals surface area contributed by atoms with Gasteiger partial charge in [0.15, 0.2) is 0 Å². The number of nitrogens with zero attached hydrogens (tertiary/aromatic N) is 1. The van der Waals surface area contributed by atoms with Crippen molar-refractivity contribution >= 4 is 28.0 Å². The highest BCUT2D eigenvalue weighted by Gasteiger charge is 2.07. The fourth-order valence-electron chi connectivity index (χ4n) is 1.43. The summed E-state index contributed by atoms with van der Waals surface area (Å²) in [6.45, 7) is 2.74. The molecule has 0 saturated carbocycles. The lowest BCUT2D eigenvalue weighted by molar-refractivity contribution is 0.183. The molecule has 0 aliphatic heterocycles. The molecule has 5 heteroatoms. The van der Waals surface area contributed by atoms with Crippen LogP contribution in [-0.2, 0) is 0 Å². The molecule has 0 saturated heterocycles. The van der Waals surface area contributed by atoms with Gasteiger partial charge in [-0.2, -0.15) is 0 Å². The molecule has 0 aromatic heterocycles. The molecule has 0 unspecified atom stereocenters. The van der Waals surface area contributed by atoms with Crippen LogP contribution >= 0.6 is 15.9 Å². The van der Waals surface area contributed by atoms with Gasteiger partial charge in [0, 0.05) is 23.8 Å². The number of benzene rings is 1. The molecule has 0 fully saturated rings. The Kier molecular flexibility index (Phi) is 6.46. The summed E-state index contributed by atoms with van der Waals surface area (Å²) in [6, 6.07) is 7.55. The van der Waals surface area contributed by atoms with E-state index in [0.717, 1.165) is 10.0 Å². The molecule has 98 valence electrons. The van der Waals surface area contributed by atoms with Gasteiger partial charge in [-0.1, -0.05) is 28.1 Å². The molecular formula is C13H17BrN2O2. The molecule has 2 amide bonds. The topological polar surface area (TPSA) is 52.6 Å². The average molecular weight is 313 g/mol. The van der Waals surface area contributed by atoms with Crippen LogP contribution in [0.4, 0.5) is 4.79 Å². The van der Waals surface area contributed by atoms with Crippen LogP contribution in [0.15, 0.2) is 34.9 Å². The minimum Gasteiger partial charge on any atom is -0.395 e. The standard InChI is InChI=1S/C13H17BrN2O2/c1-2-16(8-9-17)13(18)15-7-6-11-4-3-5-12(14)10-11/h3-7,10,17H,2,8-9H2,1H3,(H,15,18)/b7-6+. The number of aliphatic hydroxyl groups is 1. The highest BCUT2D eigenvalue weighted by Crippen LogP contribution is 2.12. The summed E-state index contributed by atoms with van der Waals surface area (Å²) in [5.41, 5.74) is 0.995. The number of nitrogens with one attached hydrogen (secondary N) is 1. The number of aliphatic hydroxyl groups excluding tert-OH is 1. The SMILES string of the molecule is CCN(CCO)C(=O)N/C=C/c1cccc(Br)c1. The van der Waals surface area contributed by atoms with E-state index in [0.29, 0.717) is 13.1 Å². The minimum atomic E-state index is -0.210. The van der Waals surface area contributed by atoms with Crippen LogP contribution in [0, 0.1) is 0 Å². The molecule has 4 nitrogen and oxygen atoms in total. The first-order valence-electron chi connectivity index (χ1n) is 5.75. The predicted molar refractivity (Wildman–Crippen MR) is 76.0 cm³/mol. The van der Waals surface area contributed by atoms with Crippen molar-refractivity contribution in [2.24, 2.45) is 0 Å². The van der Waals surface area contributed by atoms with E-state index < -0.39 is 0 Å². The van der Waals surface area contributed by atoms with E-state index in [1.54, 1.807) is 6.20 Å². The Morgan fingerprint density at radius 3 is 2.94 bits per heavy atom. The number of urea groups is 1. The third-order valence-electron chi connectivity index (χ3n) is 2.37. The van der Waals surface area contributed by atoms with E-state index >= 15 is 0 Å². The Hall–Kier alpha value is -1.33. The Labute approximate surface area is 115 Å². The van der Waals surface area contributed by atoms with Crippen molar-refractivity contribution in [3.8, 4) is 0 Å². The van der Waals surface area contributed by atoms with Crippen LogP contribution in [0.2, 0.25) is 0 Å². The van der Waals surface area contributed by atoms with Crippen LogP contribution in [-0.4, -0.2) is 35.7 Å². The molecule has 0 bridgehead atoms. The van der Waals surface area contributed by atoms with E-state index in [1.165, 1.54) is 4.90 Å². The highest BCUT2D eigenvalue weighted by atomic mass is 79.9. The van der Waals surface area contributed by atoms with E-state index in [9.17, 15) is 4.79 Å². The van der Waals surface area contributed by atoms with E-state index in [-0.39, 0.29) is 12.6 Å². The molecule has 0 spiro atoms. The zero-order valence-electron chi connectivity index (χ0n) is 10.3. The molecule has 0 radical (unpaired) electrons. The van der Waals surface area contributed by atoms with Gasteiger partial charge in [0.2, 0.25) is 0 Å². The van der Waals surface area contributed by atoms with Gasteiger partial charge >= 0.3 is 6.03 Å². The van der Waals surface area contributed by atoms with Gasteiger partial charge in [0.1, 0.15) is 0 Å². The lowest BCUT2D eigenvalue weighted by atomic mass is 10.2. The molecule has 0 atom stereocenters. The van der Waals surface area contributed by atoms with Gasteiger partial charge in [0.05, 0.1) is 6.61 Å². The Bertz CT molecular complexity index is 421. The highest BCUT2D eigenvalue weighted by molar-refractivity contribution is 9.10. The number of rotatable bonds is 5. The Morgan fingerprint density at radius 1 is 1.56 bits per heavy atom. The maximum Gasteiger partial charge on any atom is 0.321 e. The van der Waals surface area contributed by atoms with Crippen molar-refractivity contribution in [2.75, 3.05) is 19.7 Å². The summed E-state index contributed by atoms with van der Waals surface area (Å²) in [5.74, 6) is 0. The first kappa shape index (κ1) is 14.7. The van der Waals surface area contributed by atoms with Crippen LogP contribution in [0.3, 0.4) is 0 Å². The number of likely N-dealkylation sites (N-methyl/N-ethyl adjacent to an activating group) is 1. The van der Waals surface area contributed by atoms with Gasteiger partial charge in [0.25, 0.3) is 0 Å². The number of carbonyl (C=O) groups is 1. The summed E-state index contributed by atoms with van der Waals surface area (Å²) in [7, 11) is 0. The number of carbonyl (C=O) groups excluding carboxylic acids is 1. The zero-order chi connectivity index (χ0) is 13.4. The van der Waals surface area contributed by atoms with Crippen LogP contribution in [0.1, 0.15) is 12.5 Å². The third kappa shape index (κ3) is 4.89. The zero-order valence-corrected chi connectivity index (χ0v) is 11.9. The first-order valence-corrected chi connectivity index (χ1v) is 6.55. The van der Waals surface area contributed by atoms with Gasteiger partial charge in [-0.3, -0.25) is 0 Å². The second-order valence-corrected chi connectivity index (χ2v) is 4.56. The molecule has 18 heavy (non-hydrogen) atoms.